The van der Waals surface area contributed by atoms with Crippen molar-refractivity contribution in [2.75, 3.05) is 13.2 Å². The molecule has 6 nitrogen and oxygen atoms in total. The van der Waals surface area contributed by atoms with Gasteiger partial charge < -0.3 is 20.5 Å². The van der Waals surface area contributed by atoms with Crippen molar-refractivity contribution in [1.82, 2.24) is 10.6 Å². The molecule has 122 valence electrons. The van der Waals surface area contributed by atoms with Gasteiger partial charge in [0.25, 0.3) is 0 Å². The molecule has 0 unspecified atom stereocenters. The van der Waals surface area contributed by atoms with Gasteiger partial charge in [0.15, 0.2) is 0 Å². The Morgan fingerprint density at radius 1 is 1.24 bits per heavy atom. The van der Waals surface area contributed by atoms with Crippen molar-refractivity contribution in [3.05, 3.63) is 0 Å². The number of urea groups is 1. The highest BCUT2D eigenvalue weighted by atomic mass is 16.5. The van der Waals surface area contributed by atoms with Crippen LogP contribution in [0.1, 0.15) is 59.3 Å². The molecule has 0 aromatic rings. The molecule has 0 aromatic carbocycles. The third-order valence-corrected chi connectivity index (χ3v) is 3.89. The summed E-state index contributed by atoms with van der Waals surface area (Å²) in [5.41, 5.74) is -1.04. The highest BCUT2D eigenvalue weighted by molar-refractivity contribution is 5.76. The van der Waals surface area contributed by atoms with E-state index < -0.39 is 17.1 Å². The molecule has 0 radical (unpaired) electrons. The summed E-state index contributed by atoms with van der Waals surface area (Å²) in [7, 11) is 0. The van der Waals surface area contributed by atoms with Crippen LogP contribution in [0, 0.1) is 0 Å². The van der Waals surface area contributed by atoms with Crippen molar-refractivity contribution in [3.8, 4) is 0 Å². The number of carboxylic acids is 1. The van der Waals surface area contributed by atoms with Gasteiger partial charge in [-0.05, 0) is 33.6 Å². The van der Waals surface area contributed by atoms with Crippen molar-refractivity contribution >= 4 is 12.0 Å². The van der Waals surface area contributed by atoms with Crippen LogP contribution in [-0.2, 0) is 9.53 Å². The Morgan fingerprint density at radius 2 is 1.86 bits per heavy atom. The summed E-state index contributed by atoms with van der Waals surface area (Å²) in [6, 6.07) is -0.314. The van der Waals surface area contributed by atoms with Crippen LogP contribution in [0.25, 0.3) is 0 Å². The number of hydrogen-bond acceptors (Lipinski definition) is 3. The second kappa shape index (κ2) is 7.64. The normalized spacial score (nSPS) is 18.0. The van der Waals surface area contributed by atoms with Gasteiger partial charge >= 0.3 is 12.0 Å². The lowest BCUT2D eigenvalue weighted by Crippen LogP contribution is -2.55. The Balaban J connectivity index is 2.54. The monoisotopic (exact) mass is 300 g/mol. The molecule has 2 amide bonds. The minimum Gasteiger partial charge on any atom is -0.481 e. The number of aliphatic carboxylic acids is 1. The van der Waals surface area contributed by atoms with Gasteiger partial charge in [0, 0.05) is 13.2 Å². The zero-order chi connectivity index (χ0) is 15.9. The van der Waals surface area contributed by atoms with Crippen LogP contribution in [0.5, 0.6) is 0 Å². The number of amides is 2. The van der Waals surface area contributed by atoms with Gasteiger partial charge in [-0.15, -0.1) is 0 Å². The Labute approximate surface area is 126 Å². The van der Waals surface area contributed by atoms with Crippen molar-refractivity contribution in [3.63, 3.8) is 0 Å². The fourth-order valence-corrected chi connectivity index (χ4v) is 2.88. The third kappa shape index (κ3) is 6.33. The van der Waals surface area contributed by atoms with Crippen molar-refractivity contribution in [2.45, 2.75) is 70.4 Å². The summed E-state index contributed by atoms with van der Waals surface area (Å²) in [5, 5.41) is 14.8. The second-order valence-corrected chi connectivity index (χ2v) is 6.41. The number of carboxylic acid groups (broad SMARTS) is 1. The third-order valence-electron chi connectivity index (χ3n) is 3.89. The van der Waals surface area contributed by atoms with Crippen LogP contribution in [0.4, 0.5) is 4.79 Å². The maximum absolute atomic E-state index is 12.1. The SMILES string of the molecule is CCOC(C)(C)CNC(=O)NC1(CC(=O)O)CCCCC1. The van der Waals surface area contributed by atoms with E-state index in [9.17, 15) is 9.59 Å². The largest absolute Gasteiger partial charge is 0.481 e. The van der Waals surface area contributed by atoms with E-state index in [1.807, 2.05) is 20.8 Å². The van der Waals surface area contributed by atoms with E-state index in [4.69, 9.17) is 9.84 Å². The van der Waals surface area contributed by atoms with E-state index in [-0.39, 0.29) is 12.5 Å². The van der Waals surface area contributed by atoms with E-state index in [1.54, 1.807) is 0 Å². The number of hydrogen-bond donors (Lipinski definition) is 3. The maximum Gasteiger partial charge on any atom is 0.315 e. The van der Waals surface area contributed by atoms with Gasteiger partial charge in [-0.2, -0.15) is 0 Å². The molecule has 6 heteroatoms. The second-order valence-electron chi connectivity index (χ2n) is 6.41. The molecule has 0 saturated heterocycles. The van der Waals surface area contributed by atoms with E-state index in [1.165, 1.54) is 0 Å². The summed E-state index contributed by atoms with van der Waals surface area (Å²) in [5.74, 6) is -0.869. The van der Waals surface area contributed by atoms with Gasteiger partial charge in [-0.3, -0.25) is 4.79 Å². The highest BCUT2D eigenvalue weighted by Crippen LogP contribution is 2.31. The Kier molecular flexibility index (Phi) is 6.45. The van der Waals surface area contributed by atoms with Crippen molar-refractivity contribution in [2.24, 2.45) is 0 Å². The number of rotatable bonds is 7. The summed E-state index contributed by atoms with van der Waals surface area (Å²) < 4.78 is 5.52. The summed E-state index contributed by atoms with van der Waals surface area (Å²) in [6.45, 7) is 6.69. The van der Waals surface area contributed by atoms with Crippen molar-refractivity contribution < 1.29 is 19.4 Å². The number of carbonyl (C=O) groups excluding carboxylic acids is 1. The van der Waals surface area contributed by atoms with Crippen molar-refractivity contribution in [1.29, 1.82) is 0 Å². The lowest BCUT2D eigenvalue weighted by Gasteiger charge is -2.37. The molecule has 1 aliphatic carbocycles. The van der Waals surface area contributed by atoms with Crippen LogP contribution in [0.15, 0.2) is 0 Å². The van der Waals surface area contributed by atoms with Crippen LogP contribution >= 0.6 is 0 Å². The lowest BCUT2D eigenvalue weighted by atomic mass is 9.79. The first-order valence-electron chi connectivity index (χ1n) is 7.70. The molecule has 0 bridgehead atoms. The Bertz CT molecular complexity index is 363. The van der Waals surface area contributed by atoms with Crippen LogP contribution < -0.4 is 10.6 Å². The standard InChI is InChI=1S/C15H28N2O4/c1-4-21-14(2,3)11-16-13(20)17-15(10-12(18)19)8-6-5-7-9-15/h4-11H2,1-3H3,(H,18,19)(H2,16,17,20). The molecule has 0 atom stereocenters. The average Bonchev–Trinajstić information content (AvgIpc) is 2.36. The first-order chi connectivity index (χ1) is 9.79. The zero-order valence-corrected chi connectivity index (χ0v) is 13.3. The molecule has 0 aromatic heterocycles. The topological polar surface area (TPSA) is 87.7 Å². The molecular formula is C15H28N2O4. The number of nitrogens with one attached hydrogen (secondary N) is 2. The molecule has 0 aliphatic heterocycles. The van der Waals surface area contributed by atoms with Crippen LogP contribution in [0.3, 0.4) is 0 Å². The smallest absolute Gasteiger partial charge is 0.315 e. The highest BCUT2D eigenvalue weighted by Gasteiger charge is 2.36. The molecule has 3 N–H and O–H groups in total. The van der Waals surface area contributed by atoms with Crippen LogP contribution in [-0.4, -0.2) is 41.4 Å². The minimum absolute atomic E-state index is 0.0186. The molecule has 1 fully saturated rings. The average molecular weight is 300 g/mol. The quantitative estimate of drug-likeness (QED) is 0.673. The lowest BCUT2D eigenvalue weighted by molar-refractivity contribution is -0.139. The maximum atomic E-state index is 12.1. The van der Waals surface area contributed by atoms with Gasteiger partial charge in [0.05, 0.1) is 17.6 Å². The summed E-state index contributed by atoms with van der Waals surface area (Å²) in [4.78, 5) is 23.1. The predicted octanol–water partition coefficient (Wildman–Crippen LogP) is 2.28. The first-order valence-corrected chi connectivity index (χ1v) is 7.70. The molecule has 1 rings (SSSR count). The van der Waals surface area contributed by atoms with E-state index in [0.29, 0.717) is 13.2 Å². The van der Waals surface area contributed by atoms with Crippen LogP contribution in [0.2, 0.25) is 0 Å². The van der Waals surface area contributed by atoms with E-state index in [2.05, 4.69) is 10.6 Å². The number of ether oxygens (including phenoxy) is 1. The first kappa shape index (κ1) is 17.8. The molecule has 0 spiro atoms. The predicted molar refractivity (Wildman–Crippen MR) is 80.3 cm³/mol. The molecular weight excluding hydrogens is 272 g/mol. The summed E-state index contributed by atoms with van der Waals surface area (Å²) in [6.07, 6.45) is 4.44. The Hall–Kier alpha value is -1.30. The van der Waals surface area contributed by atoms with Gasteiger partial charge in [-0.25, -0.2) is 4.79 Å². The van der Waals surface area contributed by atoms with Gasteiger partial charge in [0.1, 0.15) is 0 Å². The minimum atomic E-state index is -0.869. The molecule has 1 aliphatic rings. The van der Waals surface area contributed by atoms with E-state index in [0.717, 1.165) is 32.1 Å². The summed E-state index contributed by atoms with van der Waals surface area (Å²) >= 11 is 0. The zero-order valence-electron chi connectivity index (χ0n) is 13.3. The molecule has 0 heterocycles. The van der Waals surface area contributed by atoms with E-state index >= 15 is 0 Å². The molecule has 1 saturated carbocycles. The fraction of sp³-hybridized carbons (Fsp3) is 0.867. The number of carbonyl (C=O) groups is 2. The van der Waals surface area contributed by atoms with Gasteiger partial charge in [-0.1, -0.05) is 19.3 Å². The Morgan fingerprint density at radius 3 is 2.38 bits per heavy atom. The van der Waals surface area contributed by atoms with Gasteiger partial charge in [0.2, 0.25) is 0 Å². The fourth-order valence-electron chi connectivity index (χ4n) is 2.88. The molecule has 21 heavy (non-hydrogen) atoms.